The van der Waals surface area contributed by atoms with Crippen LogP contribution < -0.4 is 5.73 Å². The van der Waals surface area contributed by atoms with Gasteiger partial charge in [-0.2, -0.15) is 0 Å². The molecular weight excluding hydrogens is 254 g/mol. The number of furan rings is 1. The summed E-state index contributed by atoms with van der Waals surface area (Å²) in [4.78, 5) is 16.2. The Bertz CT molecular complexity index is 450. The van der Waals surface area contributed by atoms with Gasteiger partial charge >= 0.3 is 0 Å². The molecule has 2 N–H and O–H groups in total. The van der Waals surface area contributed by atoms with Crippen LogP contribution in [0.3, 0.4) is 0 Å². The molecule has 1 aromatic rings. The molecule has 2 unspecified atom stereocenters. The van der Waals surface area contributed by atoms with E-state index >= 15 is 0 Å². The third-order valence-electron chi connectivity index (χ3n) is 3.87. The molecule has 0 aliphatic carbocycles. The first-order chi connectivity index (χ1) is 9.49. The van der Waals surface area contributed by atoms with Crippen LogP contribution in [0.5, 0.6) is 0 Å². The fourth-order valence-corrected chi connectivity index (χ4v) is 2.87. The average Bonchev–Trinajstić information content (AvgIpc) is 3.00. The van der Waals surface area contributed by atoms with E-state index in [9.17, 15) is 4.79 Å². The van der Waals surface area contributed by atoms with Crippen LogP contribution in [0.4, 0.5) is 0 Å². The highest BCUT2D eigenvalue weighted by Gasteiger charge is 2.27. The number of aryl methyl sites for hydroxylation is 1. The minimum Gasteiger partial charge on any atom is -0.465 e. The molecule has 2 heterocycles. The van der Waals surface area contributed by atoms with Crippen LogP contribution in [0.15, 0.2) is 16.5 Å². The first kappa shape index (κ1) is 15.1. The van der Waals surface area contributed by atoms with Gasteiger partial charge in [-0.05, 0) is 45.9 Å². The first-order valence-corrected chi connectivity index (χ1v) is 7.29. The average molecular weight is 279 g/mol. The molecule has 2 rings (SSSR count). The monoisotopic (exact) mass is 279 g/mol. The predicted molar refractivity (Wildman–Crippen MR) is 78.3 cm³/mol. The van der Waals surface area contributed by atoms with E-state index in [4.69, 9.17) is 10.2 Å². The van der Waals surface area contributed by atoms with Crippen molar-refractivity contribution < 1.29 is 9.21 Å². The molecule has 5 nitrogen and oxygen atoms in total. The lowest BCUT2D eigenvalue weighted by atomic mass is 10.1. The van der Waals surface area contributed by atoms with Crippen LogP contribution >= 0.6 is 0 Å². The molecule has 1 saturated heterocycles. The van der Waals surface area contributed by atoms with Gasteiger partial charge in [-0.15, -0.1) is 0 Å². The smallest absolute Gasteiger partial charge is 0.236 e. The van der Waals surface area contributed by atoms with Crippen LogP contribution in [0.1, 0.15) is 37.3 Å². The molecule has 1 aliphatic rings. The van der Waals surface area contributed by atoms with E-state index in [1.165, 1.54) is 0 Å². The summed E-state index contributed by atoms with van der Waals surface area (Å²) in [5.41, 5.74) is 6.08. The van der Waals surface area contributed by atoms with Gasteiger partial charge in [0, 0.05) is 19.1 Å². The van der Waals surface area contributed by atoms with E-state index in [-0.39, 0.29) is 18.0 Å². The van der Waals surface area contributed by atoms with E-state index in [1.807, 2.05) is 42.8 Å². The summed E-state index contributed by atoms with van der Waals surface area (Å²) in [5.74, 6) is 1.87. The Balaban J connectivity index is 2.03. The van der Waals surface area contributed by atoms with Crippen molar-refractivity contribution in [1.29, 1.82) is 0 Å². The van der Waals surface area contributed by atoms with Crippen molar-refractivity contribution in [3.05, 3.63) is 23.7 Å². The van der Waals surface area contributed by atoms with E-state index in [0.29, 0.717) is 6.54 Å². The normalized spacial score (nSPS) is 18.6. The number of hydrogen-bond donors (Lipinski definition) is 1. The number of carbonyl (C=O) groups is 1. The summed E-state index contributed by atoms with van der Waals surface area (Å²) < 4.78 is 5.69. The number of likely N-dealkylation sites (tertiary alicyclic amines) is 1. The first-order valence-electron chi connectivity index (χ1n) is 7.29. The van der Waals surface area contributed by atoms with Gasteiger partial charge in [0.2, 0.25) is 5.91 Å². The van der Waals surface area contributed by atoms with Gasteiger partial charge in [-0.25, -0.2) is 0 Å². The number of hydrogen-bond acceptors (Lipinski definition) is 4. The molecule has 1 amide bonds. The molecule has 0 spiro atoms. The molecule has 5 heteroatoms. The Morgan fingerprint density at radius 2 is 2.10 bits per heavy atom. The molecule has 0 radical (unpaired) electrons. The standard InChI is InChI=1S/C15H25N3O2/c1-11-6-7-13(20-11)15(12(2)16)17(3)10-14(19)18-8-4-5-9-18/h6-7,12,15H,4-5,8-10,16H2,1-3H3. The molecule has 112 valence electrons. The molecule has 1 aliphatic heterocycles. The summed E-state index contributed by atoms with van der Waals surface area (Å²) in [5, 5.41) is 0. The van der Waals surface area contributed by atoms with Crippen molar-refractivity contribution >= 4 is 5.91 Å². The van der Waals surface area contributed by atoms with E-state index in [2.05, 4.69) is 0 Å². The van der Waals surface area contributed by atoms with Crippen molar-refractivity contribution in [1.82, 2.24) is 9.80 Å². The zero-order chi connectivity index (χ0) is 14.7. The van der Waals surface area contributed by atoms with Gasteiger partial charge in [0.1, 0.15) is 11.5 Å². The van der Waals surface area contributed by atoms with Crippen LogP contribution in [0.25, 0.3) is 0 Å². The summed E-state index contributed by atoms with van der Waals surface area (Å²) in [6, 6.07) is 3.70. The maximum Gasteiger partial charge on any atom is 0.236 e. The summed E-state index contributed by atoms with van der Waals surface area (Å²) >= 11 is 0. The number of nitrogens with two attached hydrogens (primary N) is 1. The zero-order valence-electron chi connectivity index (χ0n) is 12.6. The Morgan fingerprint density at radius 3 is 2.60 bits per heavy atom. The fraction of sp³-hybridized carbons (Fsp3) is 0.667. The van der Waals surface area contributed by atoms with Crippen LogP contribution in [-0.4, -0.2) is 48.4 Å². The lowest BCUT2D eigenvalue weighted by Gasteiger charge is -2.30. The second kappa shape index (κ2) is 6.41. The minimum absolute atomic E-state index is 0.0738. The topological polar surface area (TPSA) is 62.7 Å². The fourth-order valence-electron chi connectivity index (χ4n) is 2.87. The second-order valence-corrected chi connectivity index (χ2v) is 5.76. The van der Waals surface area contributed by atoms with Crippen molar-refractivity contribution in [2.45, 2.75) is 38.8 Å². The highest BCUT2D eigenvalue weighted by molar-refractivity contribution is 5.78. The molecule has 0 bridgehead atoms. The number of likely N-dealkylation sites (N-methyl/N-ethyl adjacent to an activating group) is 1. The van der Waals surface area contributed by atoms with Crippen LogP contribution in [0.2, 0.25) is 0 Å². The van der Waals surface area contributed by atoms with Gasteiger partial charge in [-0.3, -0.25) is 9.69 Å². The van der Waals surface area contributed by atoms with Crippen LogP contribution in [-0.2, 0) is 4.79 Å². The van der Waals surface area contributed by atoms with Gasteiger partial charge in [-0.1, -0.05) is 0 Å². The molecule has 0 saturated carbocycles. The van der Waals surface area contributed by atoms with Gasteiger partial charge < -0.3 is 15.1 Å². The maximum absolute atomic E-state index is 12.2. The lowest BCUT2D eigenvalue weighted by molar-refractivity contribution is -0.131. The molecule has 0 aromatic carbocycles. The zero-order valence-corrected chi connectivity index (χ0v) is 12.6. The van der Waals surface area contributed by atoms with E-state index in [1.54, 1.807) is 0 Å². The van der Waals surface area contributed by atoms with Gasteiger partial charge in [0.15, 0.2) is 0 Å². The van der Waals surface area contributed by atoms with Crippen LogP contribution in [0, 0.1) is 6.92 Å². The van der Waals surface area contributed by atoms with Crippen molar-refractivity contribution in [3.8, 4) is 0 Å². The summed E-state index contributed by atoms with van der Waals surface area (Å²) in [7, 11) is 1.93. The predicted octanol–water partition coefficient (Wildman–Crippen LogP) is 1.53. The highest BCUT2D eigenvalue weighted by atomic mass is 16.3. The molecular formula is C15H25N3O2. The second-order valence-electron chi connectivity index (χ2n) is 5.76. The number of nitrogens with zero attached hydrogens (tertiary/aromatic N) is 2. The minimum atomic E-state index is -0.100. The van der Waals surface area contributed by atoms with Crippen molar-refractivity contribution in [2.24, 2.45) is 5.73 Å². The molecule has 2 atom stereocenters. The molecule has 1 fully saturated rings. The summed E-state index contributed by atoms with van der Waals surface area (Å²) in [6.07, 6.45) is 2.23. The highest BCUT2D eigenvalue weighted by Crippen LogP contribution is 2.24. The lowest BCUT2D eigenvalue weighted by Crippen LogP contribution is -2.43. The van der Waals surface area contributed by atoms with E-state index in [0.717, 1.165) is 37.5 Å². The quantitative estimate of drug-likeness (QED) is 0.888. The largest absolute Gasteiger partial charge is 0.465 e. The SMILES string of the molecule is Cc1ccc(C(C(C)N)N(C)CC(=O)N2CCCC2)o1. The van der Waals surface area contributed by atoms with Gasteiger partial charge in [0.25, 0.3) is 0 Å². The van der Waals surface area contributed by atoms with Gasteiger partial charge in [0.05, 0.1) is 12.6 Å². The van der Waals surface area contributed by atoms with Crippen molar-refractivity contribution in [3.63, 3.8) is 0 Å². The Morgan fingerprint density at radius 1 is 1.45 bits per heavy atom. The number of carbonyl (C=O) groups excluding carboxylic acids is 1. The Labute approximate surface area is 120 Å². The number of amides is 1. The Hall–Kier alpha value is -1.33. The van der Waals surface area contributed by atoms with Crippen molar-refractivity contribution in [2.75, 3.05) is 26.7 Å². The number of rotatable bonds is 5. The molecule has 20 heavy (non-hydrogen) atoms. The molecule has 1 aromatic heterocycles. The summed E-state index contributed by atoms with van der Waals surface area (Å²) in [6.45, 7) is 6.01. The van der Waals surface area contributed by atoms with E-state index < -0.39 is 0 Å². The third kappa shape index (κ3) is 3.41. The maximum atomic E-state index is 12.2. The Kier molecular flexibility index (Phi) is 4.83. The third-order valence-corrected chi connectivity index (χ3v) is 3.87.